The first-order valence-electron chi connectivity index (χ1n) is 7.90. The van der Waals surface area contributed by atoms with Crippen LogP contribution in [0.5, 0.6) is 0 Å². The van der Waals surface area contributed by atoms with Crippen LogP contribution in [0.1, 0.15) is 25.3 Å². The lowest BCUT2D eigenvalue weighted by Crippen LogP contribution is -2.46. The Labute approximate surface area is 143 Å². The summed E-state index contributed by atoms with van der Waals surface area (Å²) in [5.74, 6) is 1.65. The molecule has 122 valence electrons. The van der Waals surface area contributed by atoms with E-state index in [1.54, 1.807) is 11.8 Å². The van der Waals surface area contributed by atoms with Crippen molar-refractivity contribution < 1.29 is 4.79 Å². The fourth-order valence-corrected chi connectivity index (χ4v) is 3.80. The summed E-state index contributed by atoms with van der Waals surface area (Å²) in [6.07, 6.45) is 2.19. The van der Waals surface area contributed by atoms with Crippen LogP contribution >= 0.6 is 23.4 Å². The first-order chi connectivity index (χ1) is 10.6. The number of carbonyl (C=O) groups excluding carboxylic acids is 1. The maximum absolute atomic E-state index is 12.3. The molecule has 0 N–H and O–H groups in total. The summed E-state index contributed by atoms with van der Waals surface area (Å²) in [6.45, 7) is 5.53. The molecule has 0 saturated carbocycles. The molecule has 0 spiro atoms. The Morgan fingerprint density at radius 2 is 1.95 bits per heavy atom. The highest BCUT2D eigenvalue weighted by atomic mass is 35.5. The molecule has 1 amide bonds. The highest BCUT2D eigenvalue weighted by molar-refractivity contribution is 7.99. The molecule has 3 nitrogen and oxygen atoms in total. The molecule has 0 aliphatic carbocycles. The van der Waals surface area contributed by atoms with Crippen LogP contribution in [0, 0.1) is 0 Å². The monoisotopic (exact) mass is 340 g/mol. The van der Waals surface area contributed by atoms with Crippen molar-refractivity contribution in [3.63, 3.8) is 0 Å². The lowest BCUT2D eigenvalue weighted by atomic mass is 10.0. The van der Waals surface area contributed by atoms with Gasteiger partial charge >= 0.3 is 0 Å². The third-order valence-electron chi connectivity index (χ3n) is 4.35. The van der Waals surface area contributed by atoms with Gasteiger partial charge in [0.05, 0.1) is 5.75 Å². The average Bonchev–Trinajstić information content (AvgIpc) is 2.56. The highest BCUT2D eigenvalue weighted by Crippen LogP contribution is 2.18. The van der Waals surface area contributed by atoms with Crippen molar-refractivity contribution in [3.8, 4) is 0 Å². The summed E-state index contributed by atoms with van der Waals surface area (Å²) >= 11 is 7.55. The minimum atomic E-state index is 0.244. The number of halogens is 1. The first-order valence-corrected chi connectivity index (χ1v) is 9.43. The van der Waals surface area contributed by atoms with Gasteiger partial charge in [-0.1, -0.05) is 30.7 Å². The Hall–Kier alpha value is -0.710. The fraction of sp³-hybridized carbons (Fsp3) is 0.588. The molecule has 1 aromatic carbocycles. The fourth-order valence-electron chi connectivity index (χ4n) is 2.77. The molecule has 1 saturated heterocycles. The molecular weight excluding hydrogens is 316 g/mol. The number of benzene rings is 1. The van der Waals surface area contributed by atoms with Gasteiger partial charge in [-0.3, -0.25) is 4.79 Å². The van der Waals surface area contributed by atoms with Crippen molar-refractivity contribution in [1.29, 1.82) is 0 Å². The van der Waals surface area contributed by atoms with Gasteiger partial charge < -0.3 is 9.80 Å². The topological polar surface area (TPSA) is 23.6 Å². The van der Waals surface area contributed by atoms with Gasteiger partial charge in [0.2, 0.25) is 5.91 Å². The van der Waals surface area contributed by atoms with Gasteiger partial charge in [0.1, 0.15) is 0 Å². The zero-order valence-electron chi connectivity index (χ0n) is 13.4. The summed E-state index contributed by atoms with van der Waals surface area (Å²) < 4.78 is 0. The number of piperidine rings is 1. The van der Waals surface area contributed by atoms with E-state index in [0.29, 0.717) is 11.8 Å². The van der Waals surface area contributed by atoms with Crippen molar-refractivity contribution in [3.05, 3.63) is 34.9 Å². The second-order valence-electron chi connectivity index (χ2n) is 5.79. The number of carbonyl (C=O) groups is 1. The van der Waals surface area contributed by atoms with E-state index in [1.807, 2.05) is 36.2 Å². The van der Waals surface area contributed by atoms with Crippen LogP contribution in [0.2, 0.25) is 5.02 Å². The Kier molecular flexibility index (Phi) is 7.06. The van der Waals surface area contributed by atoms with E-state index >= 15 is 0 Å². The quantitative estimate of drug-likeness (QED) is 0.791. The van der Waals surface area contributed by atoms with Gasteiger partial charge in [0, 0.05) is 37.0 Å². The molecule has 5 heteroatoms. The van der Waals surface area contributed by atoms with E-state index in [1.165, 1.54) is 5.56 Å². The molecule has 0 radical (unpaired) electrons. The minimum Gasteiger partial charge on any atom is -0.342 e. The molecule has 0 unspecified atom stereocenters. The normalized spacial score (nSPS) is 16.7. The summed E-state index contributed by atoms with van der Waals surface area (Å²) in [5.41, 5.74) is 1.21. The smallest absolute Gasteiger partial charge is 0.232 e. The Morgan fingerprint density at radius 1 is 1.32 bits per heavy atom. The van der Waals surface area contributed by atoms with E-state index in [9.17, 15) is 4.79 Å². The molecule has 1 heterocycles. The minimum absolute atomic E-state index is 0.244. The summed E-state index contributed by atoms with van der Waals surface area (Å²) in [4.78, 5) is 16.7. The lowest BCUT2D eigenvalue weighted by molar-refractivity contribution is -0.129. The van der Waals surface area contributed by atoms with Crippen LogP contribution in [0.25, 0.3) is 0 Å². The maximum Gasteiger partial charge on any atom is 0.232 e. The van der Waals surface area contributed by atoms with Crippen LogP contribution in [0.4, 0.5) is 0 Å². The molecule has 0 bridgehead atoms. The standard InChI is InChI=1S/C17H25ClN2OS/c1-3-20-10-8-16(9-11-20)19(2)17(21)13-22-12-14-4-6-15(18)7-5-14/h4-7,16H,3,8-13H2,1-2H3. The third-order valence-corrected chi connectivity index (χ3v) is 5.59. The first kappa shape index (κ1) is 17.6. The molecule has 2 rings (SSSR count). The van der Waals surface area contributed by atoms with E-state index in [-0.39, 0.29) is 5.91 Å². The van der Waals surface area contributed by atoms with Crippen molar-refractivity contribution >= 4 is 29.3 Å². The number of likely N-dealkylation sites (tertiary alicyclic amines) is 1. The van der Waals surface area contributed by atoms with Crippen LogP contribution < -0.4 is 0 Å². The number of hydrogen-bond donors (Lipinski definition) is 0. The Bertz CT molecular complexity index is 472. The summed E-state index contributed by atoms with van der Waals surface area (Å²) in [7, 11) is 1.96. The zero-order chi connectivity index (χ0) is 15.9. The number of rotatable bonds is 6. The predicted molar refractivity (Wildman–Crippen MR) is 95.5 cm³/mol. The molecule has 0 aromatic heterocycles. The number of thioether (sulfide) groups is 1. The van der Waals surface area contributed by atoms with Gasteiger partial charge in [-0.2, -0.15) is 0 Å². The van der Waals surface area contributed by atoms with Gasteiger partial charge in [-0.25, -0.2) is 0 Å². The highest BCUT2D eigenvalue weighted by Gasteiger charge is 2.24. The summed E-state index contributed by atoms with van der Waals surface area (Å²) in [5, 5.41) is 0.753. The second-order valence-corrected chi connectivity index (χ2v) is 7.21. The summed E-state index contributed by atoms with van der Waals surface area (Å²) in [6, 6.07) is 8.24. The van der Waals surface area contributed by atoms with Gasteiger partial charge in [-0.15, -0.1) is 11.8 Å². The Balaban J connectivity index is 1.71. The molecule has 1 fully saturated rings. The van der Waals surface area contributed by atoms with Crippen LogP contribution in [0.15, 0.2) is 24.3 Å². The SMILES string of the molecule is CCN1CCC(N(C)C(=O)CSCc2ccc(Cl)cc2)CC1. The van der Waals surface area contributed by atoms with E-state index < -0.39 is 0 Å². The maximum atomic E-state index is 12.3. The average molecular weight is 341 g/mol. The van der Waals surface area contributed by atoms with Gasteiger partial charge in [0.15, 0.2) is 0 Å². The van der Waals surface area contributed by atoms with Gasteiger partial charge in [0.25, 0.3) is 0 Å². The van der Waals surface area contributed by atoms with E-state index in [0.717, 1.165) is 43.3 Å². The second kappa shape index (κ2) is 8.80. The Morgan fingerprint density at radius 3 is 2.55 bits per heavy atom. The number of nitrogens with zero attached hydrogens (tertiary/aromatic N) is 2. The van der Waals surface area contributed by atoms with Crippen molar-refractivity contribution in [1.82, 2.24) is 9.80 Å². The lowest BCUT2D eigenvalue weighted by Gasteiger charge is -2.36. The molecule has 1 aliphatic heterocycles. The van der Waals surface area contributed by atoms with Crippen LogP contribution in [0.3, 0.4) is 0 Å². The van der Waals surface area contributed by atoms with Crippen molar-refractivity contribution in [2.75, 3.05) is 32.4 Å². The molecular formula is C17H25ClN2OS. The molecule has 1 aliphatic rings. The van der Waals surface area contributed by atoms with Crippen LogP contribution in [-0.2, 0) is 10.5 Å². The largest absolute Gasteiger partial charge is 0.342 e. The molecule has 0 atom stereocenters. The van der Waals surface area contributed by atoms with Gasteiger partial charge in [-0.05, 0) is 37.1 Å². The number of amides is 1. The van der Waals surface area contributed by atoms with E-state index in [2.05, 4.69) is 11.8 Å². The molecule has 22 heavy (non-hydrogen) atoms. The van der Waals surface area contributed by atoms with Crippen molar-refractivity contribution in [2.24, 2.45) is 0 Å². The molecule has 1 aromatic rings. The number of hydrogen-bond acceptors (Lipinski definition) is 3. The van der Waals surface area contributed by atoms with E-state index in [4.69, 9.17) is 11.6 Å². The van der Waals surface area contributed by atoms with Crippen LogP contribution in [-0.4, -0.2) is 54.2 Å². The third kappa shape index (κ3) is 5.18. The van der Waals surface area contributed by atoms with Crippen molar-refractivity contribution in [2.45, 2.75) is 31.6 Å². The zero-order valence-corrected chi connectivity index (χ0v) is 15.0. The predicted octanol–water partition coefficient (Wildman–Crippen LogP) is 3.52.